The first-order chi connectivity index (χ1) is 9.52. The summed E-state index contributed by atoms with van der Waals surface area (Å²) in [6.07, 6.45) is -0.678. The minimum absolute atomic E-state index is 0.0463. The zero-order valence-electron chi connectivity index (χ0n) is 11.7. The first-order valence-electron chi connectivity index (χ1n) is 6.53. The number of ether oxygens (including phenoxy) is 1. The standard InChI is InChI=1S/C14H20N2O4/c1-15(5-6-17)8-12(18)10-3-4-13-11(7-10)16(2)14(19)9-20-13/h3-4,7,12,17-18H,5-6,8-9H2,1-2H3. The quantitative estimate of drug-likeness (QED) is 0.794. The Hall–Kier alpha value is -1.63. The highest BCUT2D eigenvalue weighted by atomic mass is 16.5. The molecule has 0 radical (unpaired) electrons. The number of hydrogen-bond donors (Lipinski definition) is 2. The van der Waals surface area contributed by atoms with E-state index >= 15 is 0 Å². The van der Waals surface area contributed by atoms with E-state index in [1.54, 1.807) is 25.2 Å². The van der Waals surface area contributed by atoms with Gasteiger partial charge in [-0.3, -0.25) is 4.79 Å². The molecule has 0 spiro atoms. The molecule has 0 saturated heterocycles. The van der Waals surface area contributed by atoms with Crippen molar-refractivity contribution in [1.82, 2.24) is 4.90 Å². The van der Waals surface area contributed by atoms with Crippen LogP contribution in [0, 0.1) is 0 Å². The van der Waals surface area contributed by atoms with Crippen LogP contribution in [0.5, 0.6) is 5.75 Å². The van der Waals surface area contributed by atoms with E-state index in [2.05, 4.69) is 0 Å². The molecule has 0 saturated carbocycles. The van der Waals surface area contributed by atoms with E-state index in [1.807, 2.05) is 11.9 Å². The maximum atomic E-state index is 11.6. The highest BCUT2D eigenvalue weighted by Crippen LogP contribution is 2.33. The van der Waals surface area contributed by atoms with Crippen LogP contribution < -0.4 is 9.64 Å². The molecule has 1 atom stereocenters. The van der Waals surface area contributed by atoms with Crippen molar-refractivity contribution >= 4 is 11.6 Å². The number of likely N-dealkylation sites (N-methyl/N-ethyl adjacent to an activating group) is 2. The van der Waals surface area contributed by atoms with E-state index in [1.165, 1.54) is 4.90 Å². The van der Waals surface area contributed by atoms with Gasteiger partial charge in [-0.1, -0.05) is 6.07 Å². The number of hydrogen-bond acceptors (Lipinski definition) is 5. The summed E-state index contributed by atoms with van der Waals surface area (Å²) in [5.74, 6) is 0.535. The Labute approximate surface area is 118 Å². The number of fused-ring (bicyclic) bond motifs is 1. The Balaban J connectivity index is 2.16. The van der Waals surface area contributed by atoms with E-state index in [0.717, 1.165) is 5.56 Å². The third kappa shape index (κ3) is 3.09. The molecule has 1 aromatic carbocycles. The van der Waals surface area contributed by atoms with Crippen LogP contribution in [0.3, 0.4) is 0 Å². The Kier molecular flexibility index (Phi) is 4.59. The van der Waals surface area contributed by atoms with Crippen LogP contribution in [0.1, 0.15) is 11.7 Å². The van der Waals surface area contributed by atoms with Gasteiger partial charge in [-0.25, -0.2) is 0 Å². The summed E-state index contributed by atoms with van der Waals surface area (Å²) in [6, 6.07) is 5.33. The van der Waals surface area contributed by atoms with Crippen LogP contribution in [0.2, 0.25) is 0 Å². The molecule has 6 nitrogen and oxygen atoms in total. The fourth-order valence-electron chi connectivity index (χ4n) is 2.16. The van der Waals surface area contributed by atoms with Crippen molar-refractivity contribution in [2.75, 3.05) is 45.3 Å². The van der Waals surface area contributed by atoms with E-state index in [9.17, 15) is 9.90 Å². The number of amides is 1. The summed E-state index contributed by atoms with van der Waals surface area (Å²) in [5.41, 5.74) is 1.39. The molecule has 0 bridgehead atoms. The first kappa shape index (κ1) is 14.8. The van der Waals surface area contributed by atoms with Gasteiger partial charge in [0.05, 0.1) is 18.4 Å². The van der Waals surface area contributed by atoms with Gasteiger partial charge in [0, 0.05) is 20.1 Å². The lowest BCUT2D eigenvalue weighted by Crippen LogP contribution is -2.35. The number of aliphatic hydroxyl groups excluding tert-OH is 2. The van der Waals surface area contributed by atoms with Gasteiger partial charge in [-0.05, 0) is 24.7 Å². The molecule has 1 heterocycles. The third-order valence-corrected chi connectivity index (χ3v) is 3.42. The molecule has 1 amide bonds. The van der Waals surface area contributed by atoms with Crippen molar-refractivity contribution in [1.29, 1.82) is 0 Å². The smallest absolute Gasteiger partial charge is 0.264 e. The molecule has 1 aliphatic heterocycles. The maximum Gasteiger partial charge on any atom is 0.264 e. The Morgan fingerprint density at radius 3 is 2.95 bits per heavy atom. The number of carbonyl (C=O) groups excluding carboxylic acids is 1. The number of rotatable bonds is 5. The maximum absolute atomic E-state index is 11.6. The fraction of sp³-hybridized carbons (Fsp3) is 0.500. The van der Waals surface area contributed by atoms with Crippen LogP contribution in [0.4, 0.5) is 5.69 Å². The summed E-state index contributed by atoms with van der Waals surface area (Å²) in [4.78, 5) is 15.0. The van der Waals surface area contributed by atoms with E-state index in [-0.39, 0.29) is 19.1 Å². The molecule has 0 aromatic heterocycles. The van der Waals surface area contributed by atoms with Gasteiger partial charge in [0.2, 0.25) is 0 Å². The summed E-state index contributed by atoms with van der Waals surface area (Å²) >= 11 is 0. The van der Waals surface area contributed by atoms with Crippen molar-refractivity contribution in [3.8, 4) is 5.75 Å². The highest BCUT2D eigenvalue weighted by molar-refractivity contribution is 5.97. The molecule has 2 rings (SSSR count). The minimum atomic E-state index is -0.678. The molecule has 0 aliphatic carbocycles. The lowest BCUT2D eigenvalue weighted by Gasteiger charge is -2.27. The van der Waals surface area contributed by atoms with Crippen molar-refractivity contribution in [3.05, 3.63) is 23.8 Å². The van der Waals surface area contributed by atoms with E-state index < -0.39 is 6.10 Å². The summed E-state index contributed by atoms with van der Waals surface area (Å²) in [5, 5.41) is 19.1. The second-order valence-electron chi connectivity index (χ2n) is 4.97. The largest absolute Gasteiger partial charge is 0.482 e. The van der Waals surface area contributed by atoms with Gasteiger partial charge >= 0.3 is 0 Å². The van der Waals surface area contributed by atoms with Crippen molar-refractivity contribution in [2.45, 2.75) is 6.10 Å². The van der Waals surface area contributed by atoms with E-state index in [4.69, 9.17) is 9.84 Å². The summed E-state index contributed by atoms with van der Waals surface area (Å²) < 4.78 is 5.34. The van der Waals surface area contributed by atoms with Crippen LogP contribution >= 0.6 is 0 Å². The zero-order valence-corrected chi connectivity index (χ0v) is 11.7. The van der Waals surface area contributed by atoms with Crippen LogP contribution in [0.25, 0.3) is 0 Å². The molecule has 0 fully saturated rings. The Morgan fingerprint density at radius 2 is 2.25 bits per heavy atom. The first-order valence-corrected chi connectivity index (χ1v) is 6.53. The lowest BCUT2D eigenvalue weighted by molar-refractivity contribution is -0.120. The SMILES string of the molecule is CN(CCO)CC(O)c1ccc2c(c1)N(C)C(=O)CO2. The average molecular weight is 280 g/mol. The van der Waals surface area contributed by atoms with Gasteiger partial charge in [0.1, 0.15) is 5.75 Å². The van der Waals surface area contributed by atoms with Crippen LogP contribution in [-0.2, 0) is 4.79 Å². The number of carbonyl (C=O) groups is 1. The molecule has 1 aliphatic rings. The lowest BCUT2D eigenvalue weighted by atomic mass is 10.1. The van der Waals surface area contributed by atoms with Gasteiger partial charge in [-0.15, -0.1) is 0 Å². The molecule has 2 N–H and O–H groups in total. The predicted octanol–water partition coefficient (Wildman–Crippen LogP) is -0.000700. The molecule has 1 unspecified atom stereocenters. The average Bonchev–Trinajstić information content (AvgIpc) is 2.43. The summed E-state index contributed by atoms with van der Waals surface area (Å²) in [6.45, 7) is 1.02. The summed E-state index contributed by atoms with van der Waals surface area (Å²) in [7, 11) is 3.52. The fourth-order valence-corrected chi connectivity index (χ4v) is 2.16. The monoisotopic (exact) mass is 280 g/mol. The van der Waals surface area contributed by atoms with Crippen LogP contribution in [-0.4, -0.2) is 61.4 Å². The minimum Gasteiger partial charge on any atom is -0.482 e. The van der Waals surface area contributed by atoms with Crippen molar-refractivity contribution < 1.29 is 19.7 Å². The molecular weight excluding hydrogens is 260 g/mol. The van der Waals surface area contributed by atoms with Gasteiger partial charge in [-0.2, -0.15) is 0 Å². The molecule has 1 aromatic rings. The number of anilines is 1. The molecular formula is C14H20N2O4. The molecule has 110 valence electrons. The topological polar surface area (TPSA) is 73.2 Å². The van der Waals surface area contributed by atoms with Gasteiger partial charge in [0.15, 0.2) is 6.61 Å². The highest BCUT2D eigenvalue weighted by Gasteiger charge is 2.23. The Bertz CT molecular complexity index is 492. The second kappa shape index (κ2) is 6.21. The Morgan fingerprint density at radius 1 is 1.50 bits per heavy atom. The van der Waals surface area contributed by atoms with Gasteiger partial charge < -0.3 is 24.7 Å². The number of aliphatic hydroxyl groups is 2. The normalized spacial score (nSPS) is 16.1. The van der Waals surface area contributed by atoms with E-state index in [0.29, 0.717) is 24.5 Å². The predicted molar refractivity (Wildman–Crippen MR) is 74.9 cm³/mol. The number of benzene rings is 1. The van der Waals surface area contributed by atoms with Crippen molar-refractivity contribution in [2.24, 2.45) is 0 Å². The van der Waals surface area contributed by atoms with Crippen molar-refractivity contribution in [3.63, 3.8) is 0 Å². The second-order valence-corrected chi connectivity index (χ2v) is 4.97. The van der Waals surface area contributed by atoms with Gasteiger partial charge in [0.25, 0.3) is 5.91 Å². The third-order valence-electron chi connectivity index (χ3n) is 3.42. The molecule has 20 heavy (non-hydrogen) atoms. The number of nitrogens with zero attached hydrogens (tertiary/aromatic N) is 2. The van der Waals surface area contributed by atoms with Crippen LogP contribution in [0.15, 0.2) is 18.2 Å². The zero-order chi connectivity index (χ0) is 14.7. The molecule has 6 heteroatoms.